The van der Waals surface area contributed by atoms with Crippen molar-refractivity contribution < 1.29 is 26.2 Å². The maximum Gasteiger partial charge on any atom is 0.124 e. The van der Waals surface area contributed by atoms with Gasteiger partial charge in [-0.25, -0.2) is 0 Å². The average Bonchev–Trinajstić information content (AvgIpc) is 3.44. The number of aliphatic imine (C=N–C) groups is 1. The summed E-state index contributed by atoms with van der Waals surface area (Å²) in [5.41, 5.74) is 11.5. The topological polar surface area (TPSA) is 58.4 Å². The second kappa shape index (κ2) is 13.9. The molecule has 2 saturated carbocycles. The molecule has 4 aromatic carbocycles. The Balaban J connectivity index is 0.00000413. The molecule has 3 heterocycles. The van der Waals surface area contributed by atoms with Crippen LogP contribution in [-0.4, -0.2) is 20.8 Å². The van der Waals surface area contributed by atoms with Gasteiger partial charge in [-0.3, -0.25) is 15.0 Å². The van der Waals surface area contributed by atoms with Gasteiger partial charge in [-0.2, -0.15) is 0 Å². The number of hydrogen-bond acceptors (Lipinski definition) is 4. The summed E-state index contributed by atoms with van der Waals surface area (Å²) < 4.78 is 0. The molecule has 0 atom stereocenters. The Morgan fingerprint density at radius 3 is 2.26 bits per heavy atom. The van der Waals surface area contributed by atoms with Gasteiger partial charge < -0.3 is 5.11 Å². The number of benzene rings is 4. The van der Waals surface area contributed by atoms with Gasteiger partial charge >= 0.3 is 0 Å². The predicted molar refractivity (Wildman–Crippen MR) is 220 cm³/mol. The van der Waals surface area contributed by atoms with E-state index in [9.17, 15) is 5.11 Å². The maximum atomic E-state index is 11.3. The number of nitrogens with zero attached hydrogens (tertiary/aromatic N) is 3. The van der Waals surface area contributed by atoms with Crippen molar-refractivity contribution in [1.29, 1.82) is 0 Å². The van der Waals surface area contributed by atoms with Crippen molar-refractivity contribution in [2.45, 2.75) is 109 Å². The minimum Gasteiger partial charge on any atom is -0.507 e. The Hall–Kier alpha value is -4.14. The molecule has 0 bridgehead atoms. The second-order valence-corrected chi connectivity index (χ2v) is 17.8. The molecule has 1 aliphatic heterocycles. The van der Waals surface area contributed by atoms with Crippen molar-refractivity contribution in [3.05, 3.63) is 120 Å². The van der Waals surface area contributed by atoms with Gasteiger partial charge in [0.05, 0.1) is 5.71 Å². The van der Waals surface area contributed by atoms with Gasteiger partial charge in [0.15, 0.2) is 0 Å². The van der Waals surface area contributed by atoms with Crippen LogP contribution in [0, 0.1) is 11.5 Å². The van der Waals surface area contributed by atoms with Crippen LogP contribution in [0.1, 0.15) is 121 Å². The summed E-state index contributed by atoms with van der Waals surface area (Å²) in [6.45, 7) is 10.9. The van der Waals surface area contributed by atoms with Crippen LogP contribution < -0.4 is 0 Å². The molecule has 1 spiro atoms. The quantitative estimate of drug-likeness (QED) is 0.142. The SMILES string of the molecule is CC(C)(C)c1ccc(C2=Nc3c(ccc4cnc5ccc(-c6cc(-c7ccc(C8CCC9(CCCCC9)CC8)cc7)ccn6)[c-]c5c34)C2(C)C)c(O)c1.[Pt]. The molecule has 278 valence electrons. The summed E-state index contributed by atoms with van der Waals surface area (Å²) >= 11 is 0. The molecule has 1 N–H and O–H groups in total. The maximum absolute atomic E-state index is 11.3. The number of hydrogen-bond donors (Lipinski definition) is 1. The molecule has 4 nitrogen and oxygen atoms in total. The van der Waals surface area contributed by atoms with Gasteiger partial charge in [0.2, 0.25) is 0 Å². The van der Waals surface area contributed by atoms with E-state index in [-0.39, 0.29) is 32.2 Å². The first-order valence-electron chi connectivity index (χ1n) is 19.8. The van der Waals surface area contributed by atoms with E-state index >= 15 is 0 Å². The van der Waals surface area contributed by atoms with Crippen LogP contribution in [0.25, 0.3) is 44.1 Å². The third-order valence-electron chi connectivity index (χ3n) is 13.0. The normalized spacial score (nSPS) is 18.1. The summed E-state index contributed by atoms with van der Waals surface area (Å²) in [5, 5.41) is 14.3. The van der Waals surface area contributed by atoms with Gasteiger partial charge in [0.1, 0.15) is 5.75 Å². The number of pyridine rings is 2. The molecule has 6 aromatic rings. The molecule has 9 rings (SSSR count). The van der Waals surface area contributed by atoms with Crippen LogP contribution in [0.3, 0.4) is 0 Å². The Morgan fingerprint density at radius 1 is 0.778 bits per heavy atom. The van der Waals surface area contributed by atoms with E-state index in [1.54, 1.807) is 0 Å². The molecule has 5 heteroatoms. The van der Waals surface area contributed by atoms with Crippen molar-refractivity contribution in [2.24, 2.45) is 10.4 Å². The first kappa shape index (κ1) is 36.8. The van der Waals surface area contributed by atoms with Crippen LogP contribution in [0.2, 0.25) is 0 Å². The fourth-order valence-corrected chi connectivity index (χ4v) is 9.72. The molecular weight excluding hydrogens is 842 g/mol. The summed E-state index contributed by atoms with van der Waals surface area (Å²) in [6.07, 6.45) is 16.6. The molecule has 0 radical (unpaired) electrons. The summed E-state index contributed by atoms with van der Waals surface area (Å²) in [4.78, 5) is 15.0. The minimum absolute atomic E-state index is 0. The Kier molecular flexibility index (Phi) is 9.45. The molecule has 2 aromatic heterocycles. The Morgan fingerprint density at radius 2 is 1.54 bits per heavy atom. The van der Waals surface area contributed by atoms with E-state index in [0.717, 1.165) is 66.6 Å². The van der Waals surface area contributed by atoms with Crippen LogP contribution in [0.5, 0.6) is 5.75 Å². The van der Waals surface area contributed by atoms with Gasteiger partial charge in [-0.1, -0.05) is 113 Å². The number of aromatic hydroxyl groups is 1. The smallest absolute Gasteiger partial charge is 0.124 e. The molecule has 2 fully saturated rings. The van der Waals surface area contributed by atoms with Crippen molar-refractivity contribution >= 4 is 33.1 Å². The third kappa shape index (κ3) is 6.43. The van der Waals surface area contributed by atoms with Crippen LogP contribution in [0.4, 0.5) is 5.69 Å². The van der Waals surface area contributed by atoms with Crippen LogP contribution >= 0.6 is 0 Å². The van der Waals surface area contributed by atoms with Gasteiger partial charge in [-0.05, 0) is 118 Å². The van der Waals surface area contributed by atoms with E-state index < -0.39 is 5.41 Å². The summed E-state index contributed by atoms with van der Waals surface area (Å²) in [5.74, 6) is 0.955. The number of phenols is 1. The molecular formula is C49H50N3OPt-. The van der Waals surface area contributed by atoms with E-state index in [4.69, 9.17) is 15.0 Å². The second-order valence-electron chi connectivity index (χ2n) is 17.8. The van der Waals surface area contributed by atoms with E-state index in [1.807, 2.05) is 24.5 Å². The largest absolute Gasteiger partial charge is 0.507 e. The zero-order valence-corrected chi connectivity index (χ0v) is 34.5. The predicted octanol–water partition coefficient (Wildman–Crippen LogP) is 12.9. The molecule has 0 unspecified atom stereocenters. The van der Waals surface area contributed by atoms with Crippen LogP contribution in [-0.2, 0) is 31.9 Å². The number of rotatable bonds is 4. The fourth-order valence-electron chi connectivity index (χ4n) is 9.72. The van der Waals surface area contributed by atoms with Gasteiger partial charge in [0.25, 0.3) is 0 Å². The van der Waals surface area contributed by atoms with Crippen molar-refractivity contribution in [3.63, 3.8) is 0 Å². The van der Waals surface area contributed by atoms with E-state index in [2.05, 4.69) is 107 Å². The summed E-state index contributed by atoms with van der Waals surface area (Å²) in [6, 6.07) is 31.9. The number of phenolic OH excluding ortho intramolecular Hbond substituents is 1. The number of fused-ring (bicyclic) bond motifs is 5. The molecule has 0 saturated heterocycles. The van der Waals surface area contributed by atoms with Gasteiger partial charge in [-0.15, -0.1) is 18.2 Å². The van der Waals surface area contributed by atoms with Crippen molar-refractivity contribution in [3.8, 4) is 28.1 Å². The Labute approximate surface area is 334 Å². The zero-order valence-electron chi connectivity index (χ0n) is 32.2. The van der Waals surface area contributed by atoms with E-state index in [0.29, 0.717) is 11.3 Å². The number of aromatic nitrogens is 2. The monoisotopic (exact) mass is 891 g/mol. The minimum atomic E-state index is -0.405. The van der Waals surface area contributed by atoms with Crippen LogP contribution in [0.15, 0.2) is 96.2 Å². The first-order chi connectivity index (χ1) is 25.5. The fraction of sp³-hybridized carbons (Fsp3) is 0.367. The Bertz CT molecular complexity index is 2400. The zero-order chi connectivity index (χ0) is 36.5. The van der Waals surface area contributed by atoms with Gasteiger partial charge in [0, 0.05) is 55.8 Å². The third-order valence-corrected chi connectivity index (χ3v) is 13.0. The van der Waals surface area contributed by atoms with E-state index in [1.165, 1.54) is 68.9 Å². The van der Waals surface area contributed by atoms with Crippen molar-refractivity contribution in [2.75, 3.05) is 0 Å². The molecule has 3 aliphatic rings. The summed E-state index contributed by atoms with van der Waals surface area (Å²) in [7, 11) is 0. The average molecular weight is 892 g/mol. The first-order valence-corrected chi connectivity index (χ1v) is 19.8. The molecule has 0 amide bonds. The molecule has 2 aliphatic carbocycles. The molecule has 54 heavy (non-hydrogen) atoms. The van der Waals surface area contributed by atoms with Crippen molar-refractivity contribution in [1.82, 2.24) is 9.97 Å². The standard InChI is InChI=1S/C49H50N3O.Pt/c1-47(2,3)37-15-16-38(43(53)29-37)46-48(4,5)40-17-13-36-30-51-41-18-14-35(27-39(41)44(36)45(40)52-46)42-28-34(21-26-50-42)32-11-9-31(10-12-32)33-19-24-49(25-20-33)22-7-6-8-23-49;/h9-18,21,26,28-30,33,53H,6-8,19-20,22-25H2,1-5H3;/q-1;.